The fraction of sp³-hybridized carbons (Fsp3) is 0.385. The first-order valence-corrected chi connectivity index (χ1v) is 9.81. The topological polar surface area (TPSA) is 110 Å². The van der Waals surface area contributed by atoms with Gasteiger partial charge >= 0.3 is 5.69 Å². The van der Waals surface area contributed by atoms with E-state index in [0.717, 1.165) is 29.5 Å². The predicted molar refractivity (Wildman–Crippen MR) is 90.5 cm³/mol. The highest BCUT2D eigenvalue weighted by atomic mass is 32.2. The standard InChI is InChI=1S/C13H15N5O4S2/c1-24(21,22)12-8-10(18(19)20)13(23-12)17-6-4-16(5-7-17)11-9-14-2-3-15-11/h2-3,8-9H,4-7H2,1H3. The molecule has 1 aliphatic heterocycles. The van der Waals surface area contributed by atoms with Crippen LogP contribution >= 0.6 is 11.3 Å². The molecular weight excluding hydrogens is 354 g/mol. The molecule has 0 aliphatic carbocycles. The average molecular weight is 369 g/mol. The second-order valence-electron chi connectivity index (χ2n) is 5.32. The summed E-state index contributed by atoms with van der Waals surface area (Å²) < 4.78 is 23.4. The number of nitro groups is 1. The van der Waals surface area contributed by atoms with E-state index in [4.69, 9.17) is 0 Å². The lowest BCUT2D eigenvalue weighted by Crippen LogP contribution is -2.46. The first-order valence-electron chi connectivity index (χ1n) is 7.10. The van der Waals surface area contributed by atoms with Gasteiger partial charge in [-0.3, -0.25) is 15.1 Å². The van der Waals surface area contributed by atoms with Crippen LogP contribution in [0.2, 0.25) is 0 Å². The van der Waals surface area contributed by atoms with E-state index in [9.17, 15) is 18.5 Å². The molecule has 9 nitrogen and oxygen atoms in total. The SMILES string of the molecule is CS(=O)(=O)c1cc([N+](=O)[O-])c(N2CCN(c3cnccn3)CC2)s1. The van der Waals surface area contributed by atoms with Gasteiger partial charge in [0.1, 0.15) is 10.0 Å². The van der Waals surface area contributed by atoms with Gasteiger partial charge in [-0.15, -0.1) is 0 Å². The first-order chi connectivity index (χ1) is 11.4. The molecule has 3 rings (SSSR count). The van der Waals surface area contributed by atoms with Crippen molar-refractivity contribution in [1.29, 1.82) is 0 Å². The lowest BCUT2D eigenvalue weighted by Gasteiger charge is -2.35. The fourth-order valence-corrected chi connectivity index (χ4v) is 4.56. The van der Waals surface area contributed by atoms with Crippen LogP contribution in [0.15, 0.2) is 28.9 Å². The monoisotopic (exact) mass is 369 g/mol. The van der Waals surface area contributed by atoms with Crippen molar-refractivity contribution in [3.05, 3.63) is 34.8 Å². The first kappa shape index (κ1) is 16.6. The van der Waals surface area contributed by atoms with Crippen molar-refractivity contribution in [2.24, 2.45) is 0 Å². The van der Waals surface area contributed by atoms with E-state index in [2.05, 4.69) is 9.97 Å². The summed E-state index contributed by atoms with van der Waals surface area (Å²) in [5, 5.41) is 11.6. The molecule has 0 bridgehead atoms. The van der Waals surface area contributed by atoms with Crippen LogP contribution in [-0.4, -0.2) is 55.7 Å². The highest BCUT2D eigenvalue weighted by Gasteiger charge is 2.29. The summed E-state index contributed by atoms with van der Waals surface area (Å²) in [5.41, 5.74) is -0.159. The Morgan fingerprint density at radius 3 is 2.42 bits per heavy atom. The van der Waals surface area contributed by atoms with Gasteiger partial charge in [0.15, 0.2) is 14.8 Å². The van der Waals surface area contributed by atoms with Crippen LogP contribution in [0.5, 0.6) is 0 Å². The number of nitrogens with zero attached hydrogens (tertiary/aromatic N) is 5. The number of sulfone groups is 1. The van der Waals surface area contributed by atoms with Crippen LogP contribution < -0.4 is 9.80 Å². The van der Waals surface area contributed by atoms with Gasteiger partial charge in [0.05, 0.1) is 11.1 Å². The molecule has 1 fully saturated rings. The van der Waals surface area contributed by atoms with E-state index in [1.165, 1.54) is 0 Å². The molecule has 0 aromatic carbocycles. The molecule has 1 aliphatic rings. The molecule has 2 aromatic rings. The van der Waals surface area contributed by atoms with Crippen molar-refractivity contribution in [2.45, 2.75) is 4.21 Å². The van der Waals surface area contributed by atoms with Crippen LogP contribution in [0.3, 0.4) is 0 Å². The van der Waals surface area contributed by atoms with Crippen molar-refractivity contribution < 1.29 is 13.3 Å². The largest absolute Gasteiger partial charge is 0.354 e. The molecule has 11 heteroatoms. The quantitative estimate of drug-likeness (QED) is 0.584. The zero-order valence-corrected chi connectivity index (χ0v) is 14.5. The summed E-state index contributed by atoms with van der Waals surface area (Å²) in [5.74, 6) is 0.759. The van der Waals surface area contributed by atoms with Crippen LogP contribution in [0, 0.1) is 10.1 Å². The van der Waals surface area contributed by atoms with Crippen molar-refractivity contribution in [3.63, 3.8) is 0 Å². The molecule has 0 unspecified atom stereocenters. The molecule has 3 heterocycles. The van der Waals surface area contributed by atoms with Gasteiger partial charge < -0.3 is 9.80 Å². The summed E-state index contributed by atoms with van der Waals surface area (Å²) in [6.07, 6.45) is 5.94. The van der Waals surface area contributed by atoms with Gasteiger partial charge in [0.25, 0.3) is 0 Å². The molecule has 1 saturated heterocycles. The summed E-state index contributed by atoms with van der Waals surface area (Å²) in [6, 6.07) is 1.14. The summed E-state index contributed by atoms with van der Waals surface area (Å²) >= 11 is 0.948. The van der Waals surface area contributed by atoms with Crippen LogP contribution in [0.4, 0.5) is 16.5 Å². The molecular formula is C13H15N5O4S2. The minimum atomic E-state index is -3.47. The van der Waals surface area contributed by atoms with Gasteiger partial charge in [-0.2, -0.15) is 0 Å². The third kappa shape index (κ3) is 3.31. The number of piperazine rings is 1. The zero-order valence-electron chi connectivity index (χ0n) is 12.8. The molecule has 0 radical (unpaired) electrons. The Labute approximate surface area is 142 Å². The minimum absolute atomic E-state index is 0.0144. The number of anilines is 2. The van der Waals surface area contributed by atoms with Gasteiger partial charge in [-0.05, 0) is 0 Å². The van der Waals surface area contributed by atoms with E-state index in [-0.39, 0.29) is 9.90 Å². The number of hydrogen-bond donors (Lipinski definition) is 0. The molecule has 128 valence electrons. The number of hydrogen-bond acceptors (Lipinski definition) is 9. The van der Waals surface area contributed by atoms with Crippen molar-refractivity contribution in [1.82, 2.24) is 9.97 Å². The van der Waals surface area contributed by atoms with Crippen LogP contribution in [0.1, 0.15) is 0 Å². The predicted octanol–water partition coefficient (Wildman–Crippen LogP) is 1.18. The lowest BCUT2D eigenvalue weighted by atomic mass is 10.3. The zero-order chi connectivity index (χ0) is 17.3. The highest BCUT2D eigenvalue weighted by molar-refractivity contribution is 7.92. The highest BCUT2D eigenvalue weighted by Crippen LogP contribution is 2.40. The summed E-state index contributed by atoms with van der Waals surface area (Å²) in [4.78, 5) is 22.9. The summed E-state index contributed by atoms with van der Waals surface area (Å²) in [6.45, 7) is 2.34. The minimum Gasteiger partial charge on any atom is -0.354 e. The molecule has 0 atom stereocenters. The second-order valence-corrected chi connectivity index (χ2v) is 8.60. The van der Waals surface area contributed by atoms with Crippen LogP contribution in [0.25, 0.3) is 0 Å². The average Bonchev–Trinajstić information content (AvgIpc) is 3.02. The Hall–Kier alpha value is -2.27. The smallest absolute Gasteiger partial charge is 0.305 e. The molecule has 2 aromatic heterocycles. The lowest BCUT2D eigenvalue weighted by molar-refractivity contribution is -0.383. The maximum absolute atomic E-state index is 11.7. The molecule has 0 spiro atoms. The Morgan fingerprint density at radius 2 is 1.88 bits per heavy atom. The van der Waals surface area contributed by atoms with Gasteiger partial charge in [-0.1, -0.05) is 11.3 Å². The summed E-state index contributed by atoms with van der Waals surface area (Å²) in [7, 11) is -3.47. The molecule has 0 N–H and O–H groups in total. The Balaban J connectivity index is 1.81. The van der Waals surface area contributed by atoms with Crippen molar-refractivity contribution in [3.8, 4) is 0 Å². The Kier molecular flexibility index (Phi) is 4.37. The Bertz CT molecular complexity index is 845. The maximum atomic E-state index is 11.7. The van der Waals surface area contributed by atoms with E-state index >= 15 is 0 Å². The van der Waals surface area contributed by atoms with E-state index in [1.807, 2.05) is 9.80 Å². The van der Waals surface area contributed by atoms with E-state index in [1.54, 1.807) is 18.6 Å². The normalized spacial score (nSPS) is 15.5. The number of aromatic nitrogens is 2. The fourth-order valence-electron chi connectivity index (χ4n) is 2.48. The van der Waals surface area contributed by atoms with Gasteiger partial charge in [0, 0.05) is 50.9 Å². The molecule has 0 saturated carbocycles. The van der Waals surface area contributed by atoms with Crippen molar-refractivity contribution in [2.75, 3.05) is 42.2 Å². The Morgan fingerprint density at radius 1 is 1.21 bits per heavy atom. The van der Waals surface area contributed by atoms with Crippen molar-refractivity contribution >= 4 is 37.7 Å². The van der Waals surface area contributed by atoms with E-state index in [0.29, 0.717) is 31.2 Å². The number of rotatable bonds is 4. The van der Waals surface area contributed by atoms with E-state index < -0.39 is 14.8 Å². The molecule has 0 amide bonds. The third-order valence-corrected chi connectivity index (χ3v) is 6.66. The third-order valence-electron chi connectivity index (χ3n) is 3.67. The second kappa shape index (κ2) is 6.32. The maximum Gasteiger partial charge on any atom is 0.305 e. The van der Waals surface area contributed by atoms with Crippen LogP contribution in [-0.2, 0) is 9.84 Å². The van der Waals surface area contributed by atoms with Gasteiger partial charge in [0.2, 0.25) is 0 Å². The van der Waals surface area contributed by atoms with Gasteiger partial charge in [-0.25, -0.2) is 13.4 Å². The molecule has 24 heavy (non-hydrogen) atoms. The number of thiophene rings is 1.